The summed E-state index contributed by atoms with van der Waals surface area (Å²) in [5.74, 6) is -0.0325. The number of amides is 2. The molecule has 5 N–H and O–H groups in total. The number of H-pyrrole nitrogens is 1. The first-order valence-electron chi connectivity index (χ1n) is 11.5. The van der Waals surface area contributed by atoms with Crippen LogP contribution in [-0.2, 0) is 9.47 Å². The molecule has 4 atom stereocenters. The van der Waals surface area contributed by atoms with Crippen molar-refractivity contribution >= 4 is 22.8 Å². The molecular formula is C26H23FN4O5. The number of nitrogens with one attached hydrogen (secondary N) is 2. The molecule has 2 aromatic carbocycles. The Balaban J connectivity index is 1.21. The zero-order valence-electron chi connectivity index (χ0n) is 19.0. The molecule has 2 aliphatic heterocycles. The molecule has 9 nitrogen and oxygen atoms in total. The van der Waals surface area contributed by atoms with Crippen molar-refractivity contribution in [3.63, 3.8) is 0 Å². The van der Waals surface area contributed by atoms with Gasteiger partial charge in [-0.25, -0.2) is 14.2 Å². The third-order valence-electron chi connectivity index (χ3n) is 6.44. The number of carbonyl (C=O) groups excluding carboxylic acids is 1. The number of pyridine rings is 1. The van der Waals surface area contributed by atoms with Gasteiger partial charge in [-0.1, -0.05) is 36.4 Å². The number of urea groups is 1. The SMILES string of the molecule is NC(=O)Nc1ccc(-c2ccc(-c3nc4cc(O[C@@H]5CO[C@H]6[C@@H]5OC[C@H]6O)[nH]c4cc3F)cc2)cc1. The first-order valence-corrected chi connectivity index (χ1v) is 11.5. The number of hydrogen-bond acceptors (Lipinski definition) is 6. The van der Waals surface area contributed by atoms with E-state index in [2.05, 4.69) is 15.3 Å². The largest absolute Gasteiger partial charge is 0.470 e. The maximum Gasteiger partial charge on any atom is 0.316 e. The van der Waals surface area contributed by atoms with Gasteiger partial charge >= 0.3 is 6.03 Å². The van der Waals surface area contributed by atoms with Crippen LogP contribution in [0.15, 0.2) is 60.7 Å². The molecule has 0 saturated carbocycles. The van der Waals surface area contributed by atoms with E-state index in [0.29, 0.717) is 34.8 Å². The highest BCUT2D eigenvalue weighted by atomic mass is 19.1. The smallest absolute Gasteiger partial charge is 0.316 e. The quantitative estimate of drug-likeness (QED) is 0.339. The van der Waals surface area contributed by atoms with Crippen molar-refractivity contribution in [1.82, 2.24) is 9.97 Å². The normalized spacial score (nSPS) is 23.1. The number of benzene rings is 2. The highest BCUT2D eigenvalue weighted by Crippen LogP contribution is 2.32. The Morgan fingerprint density at radius 1 is 1.03 bits per heavy atom. The summed E-state index contributed by atoms with van der Waals surface area (Å²) in [4.78, 5) is 18.5. The van der Waals surface area contributed by atoms with E-state index in [9.17, 15) is 14.3 Å². The van der Waals surface area contributed by atoms with Crippen LogP contribution in [-0.4, -0.2) is 58.7 Å². The zero-order chi connectivity index (χ0) is 24.8. The summed E-state index contributed by atoms with van der Waals surface area (Å²) in [6, 6.07) is 17.1. The van der Waals surface area contributed by atoms with Gasteiger partial charge in [0, 0.05) is 23.4 Å². The van der Waals surface area contributed by atoms with Crippen LogP contribution in [0, 0.1) is 5.82 Å². The highest BCUT2D eigenvalue weighted by Gasteiger charge is 2.48. The number of ether oxygens (including phenoxy) is 3. The molecule has 0 spiro atoms. The minimum absolute atomic E-state index is 0.217. The van der Waals surface area contributed by atoms with Gasteiger partial charge in [-0.2, -0.15) is 0 Å². The Kier molecular flexibility index (Phi) is 5.56. The lowest BCUT2D eigenvalue weighted by atomic mass is 10.0. The lowest BCUT2D eigenvalue weighted by molar-refractivity contribution is 0.00794. The molecule has 0 aliphatic carbocycles. The molecule has 2 fully saturated rings. The molecule has 0 bridgehead atoms. The molecular weight excluding hydrogens is 467 g/mol. The number of fused-ring (bicyclic) bond motifs is 2. The molecule has 2 amide bonds. The van der Waals surface area contributed by atoms with Gasteiger partial charge in [-0.05, 0) is 23.3 Å². The first kappa shape index (κ1) is 22.5. The lowest BCUT2D eigenvalue weighted by Crippen LogP contribution is -2.34. The van der Waals surface area contributed by atoms with Crippen molar-refractivity contribution in [2.24, 2.45) is 5.73 Å². The summed E-state index contributed by atoms with van der Waals surface area (Å²) >= 11 is 0. The van der Waals surface area contributed by atoms with E-state index >= 15 is 0 Å². The Morgan fingerprint density at radius 3 is 2.42 bits per heavy atom. The van der Waals surface area contributed by atoms with Crippen LogP contribution in [0.25, 0.3) is 33.4 Å². The second kappa shape index (κ2) is 8.90. The summed E-state index contributed by atoms with van der Waals surface area (Å²) in [6.45, 7) is 0.514. The van der Waals surface area contributed by atoms with Crippen molar-refractivity contribution in [3.05, 3.63) is 66.5 Å². The van der Waals surface area contributed by atoms with Crippen LogP contribution in [0.1, 0.15) is 0 Å². The predicted molar refractivity (Wildman–Crippen MR) is 130 cm³/mol. The molecule has 0 radical (unpaired) electrons. The van der Waals surface area contributed by atoms with Crippen molar-refractivity contribution in [2.45, 2.75) is 24.4 Å². The van der Waals surface area contributed by atoms with Gasteiger partial charge < -0.3 is 35.4 Å². The summed E-state index contributed by atoms with van der Waals surface area (Å²) in [6.07, 6.45) is -1.78. The van der Waals surface area contributed by atoms with E-state index in [4.69, 9.17) is 19.9 Å². The Hall–Kier alpha value is -3.99. The van der Waals surface area contributed by atoms with Crippen LogP contribution in [0.4, 0.5) is 14.9 Å². The number of halogens is 1. The highest BCUT2D eigenvalue weighted by molar-refractivity contribution is 5.88. The monoisotopic (exact) mass is 490 g/mol. The molecule has 0 unspecified atom stereocenters. The molecule has 184 valence electrons. The van der Waals surface area contributed by atoms with Crippen LogP contribution in [0.5, 0.6) is 5.88 Å². The number of nitrogens with two attached hydrogens (primary N) is 1. The number of aliphatic hydroxyl groups is 1. The predicted octanol–water partition coefficient (Wildman–Crippen LogP) is 3.43. The second-order valence-electron chi connectivity index (χ2n) is 8.85. The number of aromatic nitrogens is 2. The molecule has 2 saturated heterocycles. The first-order chi connectivity index (χ1) is 17.4. The van der Waals surface area contributed by atoms with Gasteiger partial charge in [0.15, 0.2) is 17.8 Å². The molecule has 4 aromatic rings. The third-order valence-corrected chi connectivity index (χ3v) is 6.44. The summed E-state index contributed by atoms with van der Waals surface area (Å²) in [7, 11) is 0. The summed E-state index contributed by atoms with van der Waals surface area (Å²) in [5.41, 5.74) is 9.54. The molecule has 36 heavy (non-hydrogen) atoms. The van der Waals surface area contributed by atoms with Crippen molar-refractivity contribution in [2.75, 3.05) is 18.5 Å². The number of hydrogen-bond donors (Lipinski definition) is 4. The molecule has 10 heteroatoms. The molecule has 2 aromatic heterocycles. The fourth-order valence-corrected chi connectivity index (χ4v) is 4.69. The summed E-state index contributed by atoms with van der Waals surface area (Å²) < 4.78 is 32.2. The number of anilines is 1. The van der Waals surface area contributed by atoms with E-state index < -0.39 is 24.1 Å². The fourth-order valence-electron chi connectivity index (χ4n) is 4.69. The third kappa shape index (κ3) is 4.15. The number of primary amides is 1. The van der Waals surface area contributed by atoms with E-state index in [-0.39, 0.29) is 24.5 Å². The molecule has 6 rings (SSSR count). The van der Waals surface area contributed by atoms with Crippen molar-refractivity contribution in [3.8, 4) is 28.3 Å². The zero-order valence-corrected chi connectivity index (χ0v) is 19.0. The maximum absolute atomic E-state index is 15.0. The average Bonchev–Trinajstić information content (AvgIpc) is 3.55. The van der Waals surface area contributed by atoms with Crippen LogP contribution in [0.2, 0.25) is 0 Å². The van der Waals surface area contributed by atoms with Gasteiger partial charge in [0.05, 0.1) is 24.2 Å². The Morgan fingerprint density at radius 2 is 1.69 bits per heavy atom. The maximum atomic E-state index is 15.0. The number of carbonyl (C=O) groups is 1. The van der Waals surface area contributed by atoms with E-state index in [1.807, 2.05) is 36.4 Å². The molecule has 2 aliphatic rings. The average molecular weight is 490 g/mol. The van der Waals surface area contributed by atoms with Gasteiger partial charge in [0.1, 0.15) is 24.0 Å². The summed E-state index contributed by atoms with van der Waals surface area (Å²) in [5, 5.41) is 12.4. The topological polar surface area (TPSA) is 132 Å². The van der Waals surface area contributed by atoms with Crippen LogP contribution < -0.4 is 15.8 Å². The molecule has 4 heterocycles. The van der Waals surface area contributed by atoms with Crippen LogP contribution in [0.3, 0.4) is 0 Å². The Bertz CT molecular complexity index is 1420. The Labute approximate surface area is 205 Å². The van der Waals surface area contributed by atoms with E-state index in [1.54, 1.807) is 18.2 Å². The van der Waals surface area contributed by atoms with E-state index in [1.165, 1.54) is 6.07 Å². The minimum atomic E-state index is -0.658. The number of rotatable bonds is 5. The number of aromatic amines is 1. The standard InChI is InChI=1S/C26H23FN4O5/c27-17-9-18-19(10-22(30-18)36-21-12-35-24-20(32)11-34-25(21)24)31-23(17)15-3-1-13(2-4-15)14-5-7-16(8-6-14)29-26(28)33/h1-10,20-21,24-25,30,32H,11-12H2,(H3,28,29,33)/t20-,21-,24-,25-/m1/s1. The van der Waals surface area contributed by atoms with Gasteiger partial charge in [0.2, 0.25) is 0 Å². The van der Waals surface area contributed by atoms with E-state index in [0.717, 1.165) is 11.1 Å². The number of aliphatic hydroxyl groups excluding tert-OH is 1. The minimum Gasteiger partial charge on any atom is -0.470 e. The van der Waals surface area contributed by atoms with Crippen molar-refractivity contribution in [1.29, 1.82) is 0 Å². The number of nitrogens with zero attached hydrogens (tertiary/aromatic N) is 1. The van der Waals surface area contributed by atoms with Crippen molar-refractivity contribution < 1.29 is 28.5 Å². The fraction of sp³-hybridized carbons (Fsp3) is 0.231. The lowest BCUT2D eigenvalue weighted by Gasteiger charge is -2.16. The van der Waals surface area contributed by atoms with Gasteiger partial charge in [-0.3, -0.25) is 0 Å². The van der Waals surface area contributed by atoms with Gasteiger partial charge in [0.25, 0.3) is 0 Å². The van der Waals surface area contributed by atoms with Crippen LogP contribution >= 0.6 is 0 Å². The second-order valence-corrected chi connectivity index (χ2v) is 8.85. The van der Waals surface area contributed by atoms with Gasteiger partial charge in [-0.15, -0.1) is 0 Å².